The van der Waals surface area contributed by atoms with Gasteiger partial charge in [-0.1, -0.05) is 11.6 Å². The van der Waals surface area contributed by atoms with Crippen LogP contribution in [0, 0.1) is 0 Å². The molecule has 3 aliphatic rings. The number of nitrogens with zero attached hydrogens (tertiary/aromatic N) is 5. The third-order valence-electron chi connectivity index (χ3n) is 3.86. The molecule has 0 spiro atoms. The van der Waals surface area contributed by atoms with Crippen molar-refractivity contribution in [3.63, 3.8) is 0 Å². The van der Waals surface area contributed by atoms with Crippen molar-refractivity contribution in [3.05, 3.63) is 31.9 Å². The van der Waals surface area contributed by atoms with Crippen LogP contribution in [0.1, 0.15) is 24.2 Å². The number of fused-ring (bicyclic) bond motifs is 2. The summed E-state index contributed by atoms with van der Waals surface area (Å²) in [7, 11) is 0. The third-order valence-corrected chi connectivity index (χ3v) is 5.67. The fourth-order valence-electron chi connectivity index (χ4n) is 2.49. The summed E-state index contributed by atoms with van der Waals surface area (Å²) < 4.78 is 1.77. The van der Waals surface area contributed by atoms with Gasteiger partial charge in [0.05, 0.1) is 30.4 Å². The highest BCUT2D eigenvalue weighted by Gasteiger charge is 2.27. The van der Waals surface area contributed by atoms with Crippen LogP contribution >= 0.6 is 55.2 Å². The summed E-state index contributed by atoms with van der Waals surface area (Å²) in [4.78, 5) is 58.4. The molecule has 0 atom stereocenters. The minimum absolute atomic E-state index is 0.0434. The Bertz CT molecular complexity index is 1050. The second kappa shape index (κ2) is 9.94. The fraction of sp³-hybridized carbons (Fsp3) is 0.250. The van der Waals surface area contributed by atoms with Crippen LogP contribution in [0.25, 0.3) is 0 Å². The summed E-state index contributed by atoms with van der Waals surface area (Å²) in [5.41, 5.74) is 1.35. The van der Waals surface area contributed by atoms with E-state index in [4.69, 9.17) is 23.4 Å². The van der Waals surface area contributed by atoms with Gasteiger partial charge in [0.15, 0.2) is 16.8 Å². The van der Waals surface area contributed by atoms with E-state index >= 15 is 0 Å². The second-order valence-corrected chi connectivity index (χ2v) is 8.37. The molecule has 15 heteroatoms. The van der Waals surface area contributed by atoms with Crippen molar-refractivity contribution in [3.8, 4) is 0 Å². The number of carbonyl (C=O) groups is 4. The number of carbonyl (C=O) groups excluding carboxylic acids is 4. The quantitative estimate of drug-likeness (QED) is 0.349. The minimum Gasteiger partial charge on any atom is -0.309 e. The van der Waals surface area contributed by atoms with E-state index in [1.165, 1.54) is 0 Å². The zero-order chi connectivity index (χ0) is 22.7. The van der Waals surface area contributed by atoms with Crippen LogP contribution in [-0.2, 0) is 32.0 Å². The van der Waals surface area contributed by atoms with Crippen LogP contribution in [0.5, 0.6) is 0 Å². The molecule has 0 saturated carbocycles. The molecule has 3 aliphatic heterocycles. The van der Waals surface area contributed by atoms with Gasteiger partial charge in [0, 0.05) is 24.6 Å². The molecule has 5 rings (SSSR count). The van der Waals surface area contributed by atoms with Gasteiger partial charge in [0.1, 0.15) is 9.21 Å². The summed E-state index contributed by atoms with van der Waals surface area (Å²) in [6, 6.07) is 0. The van der Waals surface area contributed by atoms with Crippen molar-refractivity contribution in [1.82, 2.24) is 24.4 Å². The van der Waals surface area contributed by atoms with E-state index < -0.39 is 0 Å². The van der Waals surface area contributed by atoms with E-state index in [0.717, 1.165) is 0 Å². The first-order valence-corrected chi connectivity index (χ1v) is 10.8. The van der Waals surface area contributed by atoms with E-state index in [9.17, 15) is 19.2 Å². The molecular weight excluding hydrogens is 585 g/mol. The molecule has 5 heterocycles. The van der Waals surface area contributed by atoms with Crippen LogP contribution in [0.15, 0.2) is 15.4 Å². The summed E-state index contributed by atoms with van der Waals surface area (Å²) in [6.45, 7) is 0. The van der Waals surface area contributed by atoms with Crippen LogP contribution in [-0.4, -0.2) is 48.0 Å². The van der Waals surface area contributed by atoms with Gasteiger partial charge in [-0.3, -0.25) is 19.2 Å². The van der Waals surface area contributed by atoms with Crippen molar-refractivity contribution in [2.75, 3.05) is 10.6 Å². The average molecular weight is 596 g/mol. The third kappa shape index (κ3) is 5.93. The van der Waals surface area contributed by atoms with Gasteiger partial charge in [0.2, 0.25) is 23.6 Å². The maximum atomic E-state index is 10.9. The Kier molecular flexibility index (Phi) is 7.51. The number of amides is 4. The summed E-state index contributed by atoms with van der Waals surface area (Å²) in [5.74, 6) is 0.317. The summed E-state index contributed by atoms with van der Waals surface area (Å²) >= 11 is 17.1. The number of imide groups is 1. The van der Waals surface area contributed by atoms with Gasteiger partial charge in [0.25, 0.3) is 0 Å². The molecule has 0 bridgehead atoms. The van der Waals surface area contributed by atoms with Gasteiger partial charge in [-0.25, -0.2) is 19.9 Å². The van der Waals surface area contributed by atoms with Crippen molar-refractivity contribution >= 4 is 90.5 Å². The lowest BCUT2D eigenvalue weighted by Gasteiger charge is -1.98. The Labute approximate surface area is 201 Å². The van der Waals surface area contributed by atoms with E-state index in [2.05, 4.69) is 62.4 Å². The zero-order valence-corrected chi connectivity index (χ0v) is 20.0. The first-order chi connectivity index (χ1) is 14.6. The van der Waals surface area contributed by atoms with Crippen LogP contribution in [0.2, 0.25) is 5.15 Å². The molecule has 2 aromatic heterocycles. The molecule has 2 N–H and O–H groups in total. The maximum Gasteiger partial charge on any atom is 0.244 e. The Morgan fingerprint density at radius 1 is 0.871 bits per heavy atom. The van der Waals surface area contributed by atoms with Gasteiger partial charge in [-0.05, 0) is 31.9 Å². The molecule has 0 unspecified atom stereocenters. The Balaban J connectivity index is 0.000000135. The standard InChI is InChI=1S/C6H3BrClN3O.C6H4BrN3O.C4H4ClNO2/c7-4-5(8)11-6-2(9-4)1-3(12)10-6;7-4-2-8-6-3(9-4)1-5(11)10-6;5-6-3(7)1-2-4(6)8/h1H2,(H,10,11,12);2H,1H2,(H,8,10,11);1-2H2. The molecule has 0 aliphatic carbocycles. The highest BCUT2D eigenvalue weighted by Crippen LogP contribution is 2.25. The lowest BCUT2D eigenvalue weighted by Crippen LogP contribution is -2.16. The average Bonchev–Trinajstić information content (AvgIpc) is 3.34. The number of rotatable bonds is 0. The van der Waals surface area contributed by atoms with Crippen LogP contribution in [0.4, 0.5) is 11.6 Å². The Morgan fingerprint density at radius 2 is 1.42 bits per heavy atom. The lowest BCUT2D eigenvalue weighted by molar-refractivity contribution is -0.132. The summed E-state index contributed by atoms with van der Waals surface area (Å²) in [5, 5.41) is 5.40. The molecule has 4 amide bonds. The predicted molar refractivity (Wildman–Crippen MR) is 116 cm³/mol. The number of aromatic nitrogens is 4. The van der Waals surface area contributed by atoms with E-state index in [1.54, 1.807) is 6.20 Å². The molecule has 1 fully saturated rings. The molecule has 31 heavy (non-hydrogen) atoms. The van der Waals surface area contributed by atoms with Crippen LogP contribution in [0.3, 0.4) is 0 Å². The molecule has 0 aromatic carbocycles. The Morgan fingerprint density at radius 3 is 1.97 bits per heavy atom. The van der Waals surface area contributed by atoms with E-state index in [1.807, 2.05) is 0 Å². The topological polar surface area (TPSA) is 147 Å². The monoisotopic (exact) mass is 593 g/mol. The number of halogens is 4. The van der Waals surface area contributed by atoms with Crippen molar-refractivity contribution in [2.24, 2.45) is 0 Å². The molecule has 11 nitrogen and oxygen atoms in total. The molecular formula is C16H11Br2Cl2N7O4. The van der Waals surface area contributed by atoms with Crippen molar-refractivity contribution < 1.29 is 19.2 Å². The van der Waals surface area contributed by atoms with Crippen molar-refractivity contribution in [1.29, 1.82) is 0 Å². The number of hydrogen-bond donors (Lipinski definition) is 2. The largest absolute Gasteiger partial charge is 0.309 e. The molecule has 1 saturated heterocycles. The number of anilines is 2. The second-order valence-electron chi connectivity index (χ2n) is 6.11. The molecule has 0 radical (unpaired) electrons. The van der Waals surface area contributed by atoms with Crippen LogP contribution < -0.4 is 10.6 Å². The minimum atomic E-state index is -0.295. The number of nitrogens with one attached hydrogen (secondary N) is 2. The van der Waals surface area contributed by atoms with Gasteiger partial charge >= 0.3 is 0 Å². The highest BCUT2D eigenvalue weighted by atomic mass is 79.9. The smallest absolute Gasteiger partial charge is 0.244 e. The maximum absolute atomic E-state index is 10.9. The normalized spacial score (nSPS) is 15.9. The summed E-state index contributed by atoms with van der Waals surface area (Å²) in [6.07, 6.45) is 2.70. The van der Waals surface area contributed by atoms with Crippen molar-refractivity contribution in [2.45, 2.75) is 25.7 Å². The Hall–Kier alpha value is -2.22. The lowest BCUT2D eigenvalue weighted by atomic mass is 10.3. The fourth-order valence-corrected chi connectivity index (χ4v) is 3.40. The van der Waals surface area contributed by atoms with Gasteiger partial charge < -0.3 is 10.6 Å². The highest BCUT2D eigenvalue weighted by molar-refractivity contribution is 9.10. The number of hydrogen-bond acceptors (Lipinski definition) is 8. The molecule has 162 valence electrons. The first-order valence-electron chi connectivity index (χ1n) is 8.48. The van der Waals surface area contributed by atoms with Gasteiger partial charge in [-0.2, -0.15) is 4.42 Å². The van der Waals surface area contributed by atoms with E-state index in [0.29, 0.717) is 43.1 Å². The SMILES string of the molecule is O=C1CCC(=O)N1Cl.O=C1Cc2nc(Br)c(Cl)nc2N1.O=C1Cc2nc(Br)cnc2N1. The first kappa shape index (κ1) is 23.4. The zero-order valence-electron chi connectivity index (χ0n) is 15.3. The predicted octanol–water partition coefficient (Wildman–Crippen LogP) is 2.41. The molecule has 2 aromatic rings. The van der Waals surface area contributed by atoms with E-state index in [-0.39, 0.29) is 48.0 Å². The van der Waals surface area contributed by atoms with Gasteiger partial charge in [-0.15, -0.1) is 0 Å².